The smallest absolute Gasteiger partial charge is 0.460 e. The van der Waals surface area contributed by atoms with Crippen molar-refractivity contribution in [3.63, 3.8) is 0 Å². The molecule has 0 aliphatic carbocycles. The molecule has 1 aromatic carbocycles. The molecule has 0 aliphatic rings. The Labute approximate surface area is 186 Å². The number of carbonyl (C=O) groups is 2. The molecule has 0 radical (unpaired) electrons. The molecule has 0 N–H and O–H groups in total. The van der Waals surface area contributed by atoms with E-state index in [1.807, 2.05) is 0 Å². The number of esters is 2. The molecule has 17 heteroatoms. The van der Waals surface area contributed by atoms with Crippen molar-refractivity contribution in [2.75, 3.05) is 6.61 Å². The van der Waals surface area contributed by atoms with Crippen molar-refractivity contribution in [2.45, 2.75) is 42.2 Å². The molecule has 0 atom stereocenters. The van der Waals surface area contributed by atoms with Gasteiger partial charge in [0, 0.05) is 6.08 Å². The molecule has 1 aromatic rings. The van der Waals surface area contributed by atoms with E-state index in [-0.39, 0.29) is 5.75 Å². The van der Waals surface area contributed by atoms with Crippen molar-refractivity contribution in [1.29, 1.82) is 0 Å². The van der Waals surface area contributed by atoms with Crippen LogP contribution in [0.4, 0.5) is 57.1 Å². The molecule has 4 nitrogen and oxygen atoms in total. The molecule has 0 unspecified atom stereocenters. The molecule has 0 saturated heterocycles. The number of halogens is 13. The topological polar surface area (TPSA) is 52.6 Å². The zero-order chi connectivity index (χ0) is 27.7. The minimum Gasteiger partial charge on any atom is -0.462 e. The summed E-state index contributed by atoms with van der Waals surface area (Å²) in [4.78, 5) is 22.7. The molecular formula is C18H11F13O4. The van der Waals surface area contributed by atoms with Gasteiger partial charge >= 0.3 is 47.7 Å². The third-order valence-electron chi connectivity index (χ3n) is 4.12. The zero-order valence-electron chi connectivity index (χ0n) is 16.6. The second kappa shape index (κ2) is 9.56. The molecule has 0 fully saturated rings. The predicted molar refractivity (Wildman–Crippen MR) is 88.0 cm³/mol. The maximum atomic E-state index is 13.6. The third-order valence-corrected chi connectivity index (χ3v) is 4.12. The number of rotatable bonds is 10. The minimum absolute atomic E-state index is 0.156. The van der Waals surface area contributed by atoms with E-state index < -0.39 is 66.3 Å². The summed E-state index contributed by atoms with van der Waals surface area (Å²) < 4.78 is 178. The maximum absolute atomic E-state index is 13.6. The van der Waals surface area contributed by atoms with E-state index in [2.05, 4.69) is 16.1 Å². The molecule has 0 heterocycles. The summed E-state index contributed by atoms with van der Waals surface area (Å²) in [6, 6.07) is 3.64. The summed E-state index contributed by atoms with van der Waals surface area (Å²) in [5.74, 6) is -40.2. The van der Waals surface area contributed by atoms with Crippen LogP contribution < -0.4 is 4.74 Å². The van der Waals surface area contributed by atoms with Crippen LogP contribution in [0.2, 0.25) is 0 Å². The van der Waals surface area contributed by atoms with Gasteiger partial charge in [0.1, 0.15) is 5.75 Å². The molecule has 0 aromatic heterocycles. The monoisotopic (exact) mass is 538 g/mol. The number of alkyl halides is 13. The fourth-order valence-electron chi connectivity index (χ4n) is 2.13. The number of hydrogen-bond donors (Lipinski definition) is 0. The summed E-state index contributed by atoms with van der Waals surface area (Å²) in [6.45, 7) is 1.20. The highest BCUT2D eigenvalue weighted by Gasteiger charge is 2.90. The Hall–Kier alpha value is -3.01. The van der Waals surface area contributed by atoms with Gasteiger partial charge in [0.2, 0.25) is 0 Å². The Kier molecular flexibility index (Phi) is 8.20. The van der Waals surface area contributed by atoms with Crippen molar-refractivity contribution in [3.05, 3.63) is 42.5 Å². The van der Waals surface area contributed by atoms with Crippen LogP contribution in [0.5, 0.6) is 5.75 Å². The number of ether oxygens (including phenoxy) is 2. The van der Waals surface area contributed by atoms with Gasteiger partial charge in [-0.3, -0.25) is 0 Å². The van der Waals surface area contributed by atoms with Gasteiger partial charge in [0.15, 0.2) is 0 Å². The fraction of sp³-hybridized carbons (Fsp3) is 0.444. The van der Waals surface area contributed by atoms with Gasteiger partial charge in [0.05, 0.1) is 18.6 Å². The molecule has 1 rings (SSSR count). The third kappa shape index (κ3) is 5.47. The van der Waals surface area contributed by atoms with E-state index in [0.29, 0.717) is 0 Å². The quantitative estimate of drug-likeness (QED) is 0.157. The zero-order valence-corrected chi connectivity index (χ0v) is 16.6. The second-order valence-electron chi connectivity index (χ2n) is 6.54. The van der Waals surface area contributed by atoms with Crippen molar-refractivity contribution < 1.29 is 76.1 Å². The predicted octanol–water partition coefficient (Wildman–Crippen LogP) is 6.06. The first-order valence-electron chi connectivity index (χ1n) is 8.64. The number of carbonyl (C=O) groups excluding carboxylic acids is 2. The number of hydrogen-bond acceptors (Lipinski definition) is 4. The van der Waals surface area contributed by atoms with E-state index in [1.165, 1.54) is 0 Å². The standard InChI is InChI=1S/C18H11F13O4/c1-2-11(32)35-10-5-3-9(4-6-10)12(33)34-8-7-13(19,20)14(21,22)15(23,24)16(25,26)17(27,28)18(29,30)31/h2-6H,1,7-8H2. The molecule has 35 heavy (non-hydrogen) atoms. The normalized spacial score (nSPS) is 13.9. The molecular weight excluding hydrogens is 527 g/mol. The van der Waals surface area contributed by atoms with Gasteiger partial charge in [-0.25, -0.2) is 9.59 Å². The molecule has 0 amide bonds. The Morgan fingerprint density at radius 1 is 0.743 bits per heavy atom. The summed E-state index contributed by atoms with van der Waals surface area (Å²) in [6.07, 6.45) is -9.41. The second-order valence-corrected chi connectivity index (χ2v) is 6.54. The average molecular weight is 538 g/mol. The van der Waals surface area contributed by atoms with Crippen molar-refractivity contribution in [1.82, 2.24) is 0 Å². The minimum atomic E-state index is -8.00. The molecule has 0 bridgehead atoms. The highest BCUT2D eigenvalue weighted by molar-refractivity contribution is 5.89. The highest BCUT2D eigenvalue weighted by Crippen LogP contribution is 2.60. The fourth-order valence-corrected chi connectivity index (χ4v) is 2.13. The first kappa shape index (κ1) is 30.0. The van der Waals surface area contributed by atoms with Crippen LogP contribution in [-0.4, -0.2) is 54.3 Å². The van der Waals surface area contributed by atoms with E-state index in [1.54, 1.807) is 0 Å². The SMILES string of the molecule is C=CC(=O)Oc1ccc(C(=O)OCCC(F)(F)C(F)(F)C(F)(F)C(F)(F)C(F)(F)C(F)(F)F)cc1. The van der Waals surface area contributed by atoms with E-state index in [4.69, 9.17) is 0 Å². The van der Waals surface area contributed by atoms with Crippen molar-refractivity contribution in [2.24, 2.45) is 0 Å². The Bertz CT molecular complexity index is 937. The van der Waals surface area contributed by atoms with Gasteiger partial charge in [-0.2, -0.15) is 57.1 Å². The van der Waals surface area contributed by atoms with Crippen LogP contribution in [0.1, 0.15) is 16.8 Å². The van der Waals surface area contributed by atoms with Gasteiger partial charge < -0.3 is 9.47 Å². The maximum Gasteiger partial charge on any atom is 0.460 e. The summed E-state index contributed by atoms with van der Waals surface area (Å²) in [5, 5.41) is 0. The van der Waals surface area contributed by atoms with Gasteiger partial charge in [-0.05, 0) is 24.3 Å². The van der Waals surface area contributed by atoms with Gasteiger partial charge in [-0.1, -0.05) is 6.58 Å². The van der Waals surface area contributed by atoms with E-state index in [9.17, 15) is 66.7 Å². The first-order valence-corrected chi connectivity index (χ1v) is 8.64. The Morgan fingerprint density at radius 2 is 1.20 bits per heavy atom. The lowest BCUT2D eigenvalue weighted by atomic mass is 9.93. The highest BCUT2D eigenvalue weighted by atomic mass is 19.4. The lowest BCUT2D eigenvalue weighted by Crippen LogP contribution is -2.70. The summed E-state index contributed by atoms with van der Waals surface area (Å²) in [5.41, 5.74) is -0.500. The average Bonchev–Trinajstić information content (AvgIpc) is 2.72. The van der Waals surface area contributed by atoms with Crippen LogP contribution in [-0.2, 0) is 9.53 Å². The molecule has 198 valence electrons. The van der Waals surface area contributed by atoms with Gasteiger partial charge in [-0.15, -0.1) is 0 Å². The van der Waals surface area contributed by atoms with E-state index in [0.717, 1.165) is 30.3 Å². The molecule has 0 spiro atoms. The first-order chi connectivity index (χ1) is 15.6. The lowest BCUT2D eigenvalue weighted by Gasteiger charge is -2.39. The largest absolute Gasteiger partial charge is 0.462 e. The van der Waals surface area contributed by atoms with E-state index >= 15 is 0 Å². The molecule has 0 aliphatic heterocycles. The van der Waals surface area contributed by atoms with Crippen LogP contribution in [0.3, 0.4) is 0 Å². The lowest BCUT2D eigenvalue weighted by molar-refractivity contribution is -0.440. The van der Waals surface area contributed by atoms with Crippen molar-refractivity contribution >= 4 is 11.9 Å². The van der Waals surface area contributed by atoms with Gasteiger partial charge in [0.25, 0.3) is 0 Å². The van der Waals surface area contributed by atoms with Crippen LogP contribution >= 0.6 is 0 Å². The van der Waals surface area contributed by atoms with Crippen LogP contribution in [0.15, 0.2) is 36.9 Å². The Morgan fingerprint density at radius 3 is 1.63 bits per heavy atom. The van der Waals surface area contributed by atoms with Crippen molar-refractivity contribution in [3.8, 4) is 5.75 Å². The number of benzene rings is 1. The summed E-state index contributed by atoms with van der Waals surface area (Å²) >= 11 is 0. The Balaban J connectivity index is 2.98. The molecule has 0 saturated carbocycles. The van der Waals surface area contributed by atoms with Crippen LogP contribution in [0, 0.1) is 0 Å². The van der Waals surface area contributed by atoms with Crippen LogP contribution in [0.25, 0.3) is 0 Å². The summed E-state index contributed by atoms with van der Waals surface area (Å²) in [7, 11) is 0.